The zero-order chi connectivity index (χ0) is 14.3. The summed E-state index contributed by atoms with van der Waals surface area (Å²) in [6.45, 7) is 0.476. The maximum atomic E-state index is 11.9. The van der Waals surface area contributed by atoms with E-state index >= 15 is 0 Å². The molecule has 0 unspecified atom stereocenters. The Labute approximate surface area is 119 Å². The van der Waals surface area contributed by atoms with E-state index in [1.54, 1.807) is 12.5 Å². The van der Waals surface area contributed by atoms with Gasteiger partial charge in [-0.3, -0.25) is 0 Å². The van der Waals surface area contributed by atoms with Crippen LogP contribution in [0, 0.1) is 0 Å². The van der Waals surface area contributed by atoms with Crippen LogP contribution in [-0.2, 0) is 22.2 Å². The Bertz CT molecular complexity index is 595. The van der Waals surface area contributed by atoms with Crippen molar-refractivity contribution in [2.75, 3.05) is 6.54 Å². The molecule has 2 N–H and O–H groups in total. The molecule has 2 rings (SSSR count). The number of hydrogen-bond donors (Lipinski definition) is 2. The van der Waals surface area contributed by atoms with Crippen molar-refractivity contribution < 1.29 is 8.42 Å². The molecule has 1 aromatic heterocycles. The fourth-order valence-corrected chi connectivity index (χ4v) is 3.12. The lowest BCUT2D eigenvalue weighted by atomic mass is 10.2. The number of sulfonamides is 1. The van der Waals surface area contributed by atoms with Crippen LogP contribution < -0.4 is 4.72 Å². The minimum Gasteiger partial charge on any atom is -0.348 e. The van der Waals surface area contributed by atoms with Crippen molar-refractivity contribution in [2.45, 2.75) is 25.0 Å². The van der Waals surface area contributed by atoms with E-state index in [-0.39, 0.29) is 5.75 Å². The molecule has 0 aliphatic heterocycles. The third kappa shape index (κ3) is 5.14. The van der Waals surface area contributed by atoms with Gasteiger partial charge < -0.3 is 4.98 Å². The largest absolute Gasteiger partial charge is 0.348 e. The zero-order valence-corrected chi connectivity index (χ0v) is 12.1. The summed E-state index contributed by atoms with van der Waals surface area (Å²) in [6.07, 6.45) is 6.07. The molecular formula is C14H19N3O2S. The Morgan fingerprint density at radius 2 is 1.95 bits per heavy atom. The van der Waals surface area contributed by atoms with Gasteiger partial charge in [-0.15, -0.1) is 0 Å². The van der Waals surface area contributed by atoms with E-state index < -0.39 is 10.0 Å². The smallest absolute Gasteiger partial charge is 0.215 e. The van der Waals surface area contributed by atoms with Crippen molar-refractivity contribution in [1.82, 2.24) is 14.7 Å². The maximum Gasteiger partial charge on any atom is 0.215 e. The van der Waals surface area contributed by atoms with Crippen molar-refractivity contribution in [2.24, 2.45) is 0 Å². The van der Waals surface area contributed by atoms with Gasteiger partial charge in [0.25, 0.3) is 0 Å². The van der Waals surface area contributed by atoms with E-state index in [4.69, 9.17) is 0 Å². The molecule has 5 nitrogen and oxygen atoms in total. The van der Waals surface area contributed by atoms with Gasteiger partial charge in [-0.1, -0.05) is 30.3 Å². The van der Waals surface area contributed by atoms with Crippen LogP contribution in [0.1, 0.15) is 24.1 Å². The van der Waals surface area contributed by atoms with Gasteiger partial charge >= 0.3 is 0 Å². The first-order valence-corrected chi connectivity index (χ1v) is 8.29. The Kier molecular flexibility index (Phi) is 5.31. The maximum absolute atomic E-state index is 11.9. The summed E-state index contributed by atoms with van der Waals surface area (Å²) in [6, 6.07) is 9.19. The number of imidazole rings is 1. The van der Waals surface area contributed by atoms with Crippen molar-refractivity contribution in [3.8, 4) is 0 Å². The van der Waals surface area contributed by atoms with Crippen LogP contribution >= 0.6 is 0 Å². The molecule has 20 heavy (non-hydrogen) atoms. The van der Waals surface area contributed by atoms with Crippen LogP contribution in [0.5, 0.6) is 0 Å². The van der Waals surface area contributed by atoms with Crippen LogP contribution in [-0.4, -0.2) is 24.9 Å². The topological polar surface area (TPSA) is 74.8 Å². The Hall–Kier alpha value is -1.66. The number of nitrogens with one attached hydrogen (secondary N) is 2. The number of H-pyrrole nitrogens is 1. The van der Waals surface area contributed by atoms with Crippen molar-refractivity contribution in [3.63, 3.8) is 0 Å². The lowest BCUT2D eigenvalue weighted by Gasteiger charge is -2.06. The first kappa shape index (κ1) is 14.7. The number of hydrogen-bond acceptors (Lipinski definition) is 3. The summed E-state index contributed by atoms with van der Waals surface area (Å²) < 4.78 is 26.4. The van der Waals surface area contributed by atoms with Gasteiger partial charge in [0.05, 0.1) is 12.1 Å². The van der Waals surface area contributed by atoms with Gasteiger partial charge in [-0.05, 0) is 24.8 Å². The van der Waals surface area contributed by atoms with Crippen LogP contribution in [0.4, 0.5) is 0 Å². The van der Waals surface area contributed by atoms with E-state index in [1.165, 1.54) is 0 Å². The van der Waals surface area contributed by atoms with Crippen LogP contribution in [0.2, 0.25) is 0 Å². The van der Waals surface area contributed by atoms with Gasteiger partial charge in [0.15, 0.2) is 0 Å². The second-order valence-corrected chi connectivity index (χ2v) is 6.48. The average molecular weight is 293 g/mol. The summed E-state index contributed by atoms with van der Waals surface area (Å²) in [4.78, 5) is 6.97. The molecule has 0 fully saturated rings. The standard InChI is InChI=1S/C14H19N3O2S/c18-20(19,11-13-6-2-1-3-7-13)17-9-5-4-8-14-10-15-12-16-14/h1-3,6-7,10,12,17H,4-5,8-9,11H2,(H,15,16). The summed E-state index contributed by atoms with van der Waals surface area (Å²) in [5.41, 5.74) is 1.88. The predicted octanol–water partition coefficient (Wildman–Crippen LogP) is 1.85. The molecule has 0 aliphatic rings. The lowest BCUT2D eigenvalue weighted by molar-refractivity contribution is 0.575. The molecule has 0 bridgehead atoms. The third-order valence-corrected chi connectivity index (χ3v) is 4.31. The fourth-order valence-electron chi connectivity index (χ4n) is 1.93. The lowest BCUT2D eigenvalue weighted by Crippen LogP contribution is -2.26. The van der Waals surface area contributed by atoms with Crippen LogP contribution in [0.15, 0.2) is 42.9 Å². The first-order valence-electron chi connectivity index (χ1n) is 6.64. The predicted molar refractivity (Wildman–Crippen MR) is 78.6 cm³/mol. The van der Waals surface area contributed by atoms with Gasteiger partial charge in [-0.25, -0.2) is 18.1 Å². The monoisotopic (exact) mass is 293 g/mol. The minimum atomic E-state index is -3.24. The van der Waals surface area contributed by atoms with E-state index in [9.17, 15) is 8.42 Å². The molecule has 0 saturated carbocycles. The molecule has 0 saturated heterocycles. The second-order valence-electron chi connectivity index (χ2n) is 4.67. The number of rotatable bonds is 8. The summed E-state index contributed by atoms with van der Waals surface area (Å²) in [7, 11) is -3.24. The molecule has 108 valence electrons. The van der Waals surface area contributed by atoms with E-state index in [1.807, 2.05) is 30.3 Å². The molecule has 0 amide bonds. The first-order chi connectivity index (χ1) is 9.66. The number of aromatic nitrogens is 2. The van der Waals surface area contributed by atoms with Crippen molar-refractivity contribution in [3.05, 3.63) is 54.1 Å². The summed E-state index contributed by atoms with van der Waals surface area (Å²) >= 11 is 0. The number of aryl methyl sites for hydroxylation is 1. The highest BCUT2D eigenvalue weighted by molar-refractivity contribution is 7.88. The molecule has 0 radical (unpaired) electrons. The highest BCUT2D eigenvalue weighted by atomic mass is 32.2. The number of aromatic amines is 1. The SMILES string of the molecule is O=S(=O)(Cc1ccccc1)NCCCCc1cnc[nH]1. The third-order valence-electron chi connectivity index (χ3n) is 2.95. The Morgan fingerprint density at radius 3 is 2.65 bits per heavy atom. The van der Waals surface area contributed by atoms with Gasteiger partial charge in [-0.2, -0.15) is 0 Å². The molecule has 1 aromatic carbocycles. The number of nitrogens with zero attached hydrogens (tertiary/aromatic N) is 1. The normalized spacial score (nSPS) is 11.6. The minimum absolute atomic E-state index is 0.0361. The average Bonchev–Trinajstić information content (AvgIpc) is 2.92. The van der Waals surface area contributed by atoms with Crippen LogP contribution in [0.3, 0.4) is 0 Å². The van der Waals surface area contributed by atoms with E-state index in [0.717, 1.165) is 30.5 Å². The quantitative estimate of drug-likeness (QED) is 0.729. The molecule has 1 heterocycles. The molecule has 0 aliphatic carbocycles. The Balaban J connectivity index is 1.67. The zero-order valence-electron chi connectivity index (χ0n) is 11.2. The second kappa shape index (κ2) is 7.21. The van der Waals surface area contributed by atoms with Crippen molar-refractivity contribution >= 4 is 10.0 Å². The summed E-state index contributed by atoms with van der Waals surface area (Å²) in [5.74, 6) is 0.0361. The highest BCUT2D eigenvalue weighted by Crippen LogP contribution is 2.04. The fraction of sp³-hybridized carbons (Fsp3) is 0.357. The molecular weight excluding hydrogens is 274 g/mol. The number of unbranched alkanes of at least 4 members (excludes halogenated alkanes) is 1. The highest BCUT2D eigenvalue weighted by Gasteiger charge is 2.10. The Morgan fingerprint density at radius 1 is 1.15 bits per heavy atom. The molecule has 0 spiro atoms. The van der Waals surface area contributed by atoms with E-state index in [0.29, 0.717) is 6.54 Å². The van der Waals surface area contributed by atoms with Gasteiger partial charge in [0.2, 0.25) is 10.0 Å². The van der Waals surface area contributed by atoms with Gasteiger partial charge in [0.1, 0.15) is 0 Å². The number of benzene rings is 1. The molecule has 6 heteroatoms. The van der Waals surface area contributed by atoms with Crippen LogP contribution in [0.25, 0.3) is 0 Å². The molecule has 2 aromatic rings. The summed E-state index contributed by atoms with van der Waals surface area (Å²) in [5, 5.41) is 0. The van der Waals surface area contributed by atoms with Crippen molar-refractivity contribution in [1.29, 1.82) is 0 Å². The van der Waals surface area contributed by atoms with E-state index in [2.05, 4.69) is 14.7 Å². The molecule has 0 atom stereocenters. The van der Waals surface area contributed by atoms with Gasteiger partial charge in [0, 0.05) is 18.4 Å².